The molecule has 0 bridgehead atoms. The lowest BCUT2D eigenvalue weighted by Gasteiger charge is -2.43. The van der Waals surface area contributed by atoms with E-state index in [2.05, 4.69) is 0 Å². The molecule has 21 heavy (non-hydrogen) atoms. The third-order valence-corrected chi connectivity index (χ3v) is 4.39. The molecule has 0 N–H and O–H groups in total. The van der Waals surface area contributed by atoms with E-state index in [1.807, 2.05) is 25.1 Å². The van der Waals surface area contributed by atoms with E-state index < -0.39 is 5.60 Å². The number of benzene rings is 1. The minimum Gasteiger partial charge on any atom is -0.501 e. The predicted molar refractivity (Wildman–Crippen MR) is 80.5 cm³/mol. The van der Waals surface area contributed by atoms with E-state index in [9.17, 15) is 4.79 Å². The van der Waals surface area contributed by atoms with Gasteiger partial charge in [0.25, 0.3) is 0 Å². The number of nitrogens with zero attached hydrogens (tertiary/aromatic N) is 1. The Morgan fingerprint density at radius 2 is 2.10 bits per heavy atom. The summed E-state index contributed by atoms with van der Waals surface area (Å²) in [5.74, 6) is 0.646. The number of hydrogen-bond acceptors (Lipinski definition) is 4. The largest absolute Gasteiger partial charge is 0.501 e. The Kier molecular flexibility index (Phi) is 3.91. The molecule has 1 fully saturated rings. The lowest BCUT2D eigenvalue weighted by molar-refractivity contribution is 0.0371. The number of Topliss-reactive ketones (excluding diaryl/α,β-unsaturated/α-hetero) is 1. The molecule has 2 aliphatic heterocycles. The zero-order valence-electron chi connectivity index (χ0n) is 12.0. The fourth-order valence-corrected chi connectivity index (χ4v) is 3.07. The normalized spacial score (nSPS) is 23.0. The molecule has 0 aliphatic carbocycles. The Bertz CT molecular complexity index is 577. The summed E-state index contributed by atoms with van der Waals surface area (Å²) in [7, 11) is 0. The van der Waals surface area contributed by atoms with Gasteiger partial charge in [0.15, 0.2) is 5.78 Å². The fraction of sp³-hybridized carbons (Fsp3) is 0.438. The molecule has 4 nitrogen and oxygen atoms in total. The molecular weight excluding hydrogens is 290 g/mol. The maximum Gasteiger partial charge on any atom is 0.199 e. The van der Waals surface area contributed by atoms with E-state index in [0.29, 0.717) is 49.4 Å². The summed E-state index contributed by atoms with van der Waals surface area (Å²) in [6.45, 7) is 3.78. The highest BCUT2D eigenvalue weighted by molar-refractivity contribution is 6.14. The van der Waals surface area contributed by atoms with Crippen molar-refractivity contribution in [2.24, 2.45) is 0 Å². The Morgan fingerprint density at radius 1 is 1.38 bits per heavy atom. The van der Waals surface area contributed by atoms with Crippen LogP contribution in [0.5, 0.6) is 5.75 Å². The van der Waals surface area contributed by atoms with Gasteiger partial charge < -0.3 is 9.47 Å². The second-order valence-corrected chi connectivity index (χ2v) is 5.80. The van der Waals surface area contributed by atoms with Gasteiger partial charge in [0, 0.05) is 25.9 Å². The number of halogens is 1. The summed E-state index contributed by atoms with van der Waals surface area (Å²) in [5.41, 5.74) is 0.585. The zero-order valence-corrected chi connectivity index (χ0v) is 12.7. The van der Waals surface area contributed by atoms with Gasteiger partial charge in [-0.15, -0.1) is 0 Å². The van der Waals surface area contributed by atoms with Gasteiger partial charge in [-0.2, -0.15) is 0 Å². The molecule has 0 radical (unpaired) electrons. The second kappa shape index (κ2) is 5.70. The third-order valence-electron chi connectivity index (χ3n) is 4.06. The van der Waals surface area contributed by atoms with Gasteiger partial charge in [0.1, 0.15) is 11.4 Å². The van der Waals surface area contributed by atoms with E-state index in [1.54, 1.807) is 16.7 Å². The number of rotatable bonds is 2. The van der Waals surface area contributed by atoms with Crippen molar-refractivity contribution in [3.8, 4) is 5.75 Å². The summed E-state index contributed by atoms with van der Waals surface area (Å²) >= 11 is 6.05. The first-order valence-electron chi connectivity index (χ1n) is 7.22. The van der Waals surface area contributed by atoms with Gasteiger partial charge in [-0.1, -0.05) is 12.1 Å². The van der Waals surface area contributed by atoms with E-state index in [1.165, 1.54) is 0 Å². The van der Waals surface area contributed by atoms with Crippen LogP contribution in [0.2, 0.25) is 0 Å². The second-order valence-electron chi connectivity index (χ2n) is 5.32. The molecule has 0 unspecified atom stereocenters. The lowest BCUT2D eigenvalue weighted by Crippen LogP contribution is -2.51. The Labute approximate surface area is 129 Å². The Hall–Kier alpha value is -1.52. The van der Waals surface area contributed by atoms with Crippen molar-refractivity contribution in [2.75, 3.05) is 19.7 Å². The Balaban J connectivity index is 2.03. The average molecular weight is 308 g/mol. The molecule has 0 atom stereocenters. The van der Waals surface area contributed by atoms with Gasteiger partial charge in [0.2, 0.25) is 0 Å². The number of ketones is 1. The molecule has 1 spiro atoms. The van der Waals surface area contributed by atoms with Gasteiger partial charge in [0.05, 0.1) is 24.0 Å². The maximum absolute atomic E-state index is 12.8. The van der Waals surface area contributed by atoms with Crippen molar-refractivity contribution >= 4 is 17.6 Å². The van der Waals surface area contributed by atoms with Crippen LogP contribution in [0.1, 0.15) is 30.1 Å². The SMILES string of the molecule is CCO/C=C1\C(=O)c2ccccc2OC12CCN(Cl)CC2. The molecule has 0 saturated carbocycles. The van der Waals surface area contributed by atoms with Crippen molar-refractivity contribution in [1.29, 1.82) is 0 Å². The molecule has 5 heteroatoms. The highest BCUT2D eigenvalue weighted by Gasteiger charge is 2.47. The summed E-state index contributed by atoms with van der Waals surface area (Å²) in [6.07, 6.45) is 2.92. The first-order chi connectivity index (χ1) is 10.2. The van der Waals surface area contributed by atoms with Crippen LogP contribution in [0.15, 0.2) is 36.1 Å². The molecule has 2 aliphatic rings. The van der Waals surface area contributed by atoms with E-state index in [4.69, 9.17) is 21.3 Å². The van der Waals surface area contributed by atoms with Crippen LogP contribution in [-0.4, -0.2) is 35.5 Å². The predicted octanol–water partition coefficient (Wildman–Crippen LogP) is 3.17. The molecule has 1 aromatic carbocycles. The lowest BCUT2D eigenvalue weighted by atomic mass is 9.79. The fourth-order valence-electron chi connectivity index (χ4n) is 2.90. The minimum absolute atomic E-state index is 0.00618. The summed E-state index contributed by atoms with van der Waals surface area (Å²) in [5, 5.41) is 0. The van der Waals surface area contributed by atoms with Crippen molar-refractivity contribution in [3.05, 3.63) is 41.7 Å². The smallest absolute Gasteiger partial charge is 0.199 e. The van der Waals surface area contributed by atoms with Gasteiger partial charge >= 0.3 is 0 Å². The first-order valence-corrected chi connectivity index (χ1v) is 7.56. The molecule has 3 rings (SSSR count). The molecular formula is C16H18ClNO3. The topological polar surface area (TPSA) is 38.8 Å². The highest BCUT2D eigenvalue weighted by Crippen LogP contribution is 2.42. The van der Waals surface area contributed by atoms with Crippen molar-refractivity contribution in [1.82, 2.24) is 4.42 Å². The number of ether oxygens (including phenoxy) is 2. The average Bonchev–Trinajstić information content (AvgIpc) is 2.50. The van der Waals surface area contributed by atoms with Gasteiger partial charge in [-0.25, -0.2) is 4.42 Å². The minimum atomic E-state index is -0.619. The van der Waals surface area contributed by atoms with Crippen LogP contribution in [-0.2, 0) is 4.74 Å². The first kappa shape index (κ1) is 14.4. The van der Waals surface area contributed by atoms with Gasteiger partial charge in [-0.05, 0) is 30.8 Å². The quantitative estimate of drug-likeness (QED) is 0.478. The molecule has 1 aromatic rings. The monoisotopic (exact) mass is 307 g/mol. The van der Waals surface area contributed by atoms with Crippen LogP contribution < -0.4 is 4.74 Å². The number of para-hydroxylation sites is 1. The number of fused-ring (bicyclic) bond motifs is 1. The van der Waals surface area contributed by atoms with Crippen molar-refractivity contribution < 1.29 is 14.3 Å². The van der Waals surface area contributed by atoms with Crippen LogP contribution in [0.4, 0.5) is 0 Å². The highest BCUT2D eigenvalue weighted by atomic mass is 35.5. The summed E-state index contributed by atoms with van der Waals surface area (Å²) in [6, 6.07) is 7.37. The Morgan fingerprint density at radius 3 is 2.81 bits per heavy atom. The van der Waals surface area contributed by atoms with Crippen LogP contribution >= 0.6 is 11.8 Å². The van der Waals surface area contributed by atoms with Crippen LogP contribution in [0, 0.1) is 0 Å². The molecule has 112 valence electrons. The van der Waals surface area contributed by atoms with E-state index in [-0.39, 0.29) is 5.78 Å². The number of hydrogen-bond donors (Lipinski definition) is 0. The number of carbonyl (C=O) groups is 1. The standard InChI is InChI=1S/C16H18ClNO3/c1-2-20-11-13-15(19)12-5-3-4-6-14(12)21-16(13)7-9-18(17)10-8-16/h3-6,11H,2,7-10H2,1H3/b13-11+. The van der Waals surface area contributed by atoms with Crippen LogP contribution in [0.25, 0.3) is 0 Å². The molecule has 1 saturated heterocycles. The molecule has 0 aromatic heterocycles. The maximum atomic E-state index is 12.8. The third kappa shape index (κ3) is 2.54. The van der Waals surface area contributed by atoms with E-state index in [0.717, 1.165) is 0 Å². The number of carbonyl (C=O) groups excluding carboxylic acids is 1. The van der Waals surface area contributed by atoms with Crippen molar-refractivity contribution in [3.63, 3.8) is 0 Å². The molecule has 0 amide bonds. The van der Waals surface area contributed by atoms with Crippen LogP contribution in [0.3, 0.4) is 0 Å². The van der Waals surface area contributed by atoms with Crippen molar-refractivity contribution in [2.45, 2.75) is 25.4 Å². The van der Waals surface area contributed by atoms with E-state index >= 15 is 0 Å². The molecule has 2 heterocycles. The van der Waals surface area contributed by atoms with Gasteiger partial charge in [-0.3, -0.25) is 4.79 Å². The summed E-state index contributed by atoms with van der Waals surface area (Å²) in [4.78, 5) is 12.8. The number of piperidine rings is 1. The summed E-state index contributed by atoms with van der Waals surface area (Å²) < 4.78 is 13.4. The zero-order chi connectivity index (χ0) is 14.9.